The molecule has 0 amide bonds. The summed E-state index contributed by atoms with van der Waals surface area (Å²) in [6.45, 7) is 11.6. The Kier molecular flexibility index (Phi) is 7.67. The number of rotatable bonds is 5. The molecule has 0 saturated carbocycles. The Labute approximate surface area is 328 Å². The normalized spacial score (nSPS) is 13.3. The smallest absolute Gasteiger partial charge is 0.0546 e. The molecule has 1 heterocycles. The zero-order valence-electron chi connectivity index (χ0n) is 32.0. The van der Waals surface area contributed by atoms with Crippen molar-refractivity contribution in [2.45, 2.75) is 45.4 Å². The number of anilines is 3. The second-order valence-corrected chi connectivity index (χ2v) is 17.7. The highest BCUT2D eigenvalue weighted by Crippen LogP contribution is 2.53. The van der Waals surface area contributed by atoms with Gasteiger partial charge in [0.25, 0.3) is 0 Å². The van der Waals surface area contributed by atoms with Crippen molar-refractivity contribution in [2.75, 3.05) is 4.90 Å². The number of hydrogen-bond donors (Lipinski definition) is 0. The molecule has 0 N–H and O–H groups in total. The average Bonchev–Trinajstić information content (AvgIpc) is 3.69. The van der Waals surface area contributed by atoms with Crippen molar-refractivity contribution >= 4 is 59.3 Å². The summed E-state index contributed by atoms with van der Waals surface area (Å²) in [6, 6.07) is 63.6. The maximum Gasteiger partial charge on any atom is 0.0546 e. The molecule has 0 bridgehead atoms. The molecule has 0 saturated heterocycles. The first-order chi connectivity index (χ1) is 26.7. The lowest BCUT2D eigenvalue weighted by molar-refractivity contribution is 0.590. The van der Waals surface area contributed by atoms with E-state index in [-0.39, 0.29) is 10.8 Å². The van der Waals surface area contributed by atoms with Crippen molar-refractivity contribution in [1.82, 2.24) is 0 Å². The number of thiophene rings is 1. The molecule has 266 valence electrons. The van der Waals surface area contributed by atoms with Gasteiger partial charge < -0.3 is 4.90 Å². The molecule has 1 aliphatic rings. The van der Waals surface area contributed by atoms with Crippen LogP contribution in [0.1, 0.15) is 51.3 Å². The summed E-state index contributed by atoms with van der Waals surface area (Å²) >= 11 is 1.87. The van der Waals surface area contributed by atoms with Gasteiger partial charge in [0, 0.05) is 42.4 Å². The number of benzene rings is 8. The van der Waals surface area contributed by atoms with Crippen LogP contribution in [0.5, 0.6) is 0 Å². The Morgan fingerprint density at radius 1 is 0.473 bits per heavy atom. The molecule has 2 heteroatoms. The largest absolute Gasteiger partial charge is 0.309 e. The van der Waals surface area contributed by atoms with Crippen LogP contribution < -0.4 is 4.90 Å². The lowest BCUT2D eigenvalue weighted by atomic mass is 9.82. The fourth-order valence-electron chi connectivity index (χ4n) is 8.93. The topological polar surface area (TPSA) is 3.24 Å². The van der Waals surface area contributed by atoms with Crippen LogP contribution in [0.25, 0.3) is 64.3 Å². The molecule has 0 radical (unpaired) electrons. The van der Waals surface area contributed by atoms with Crippen LogP contribution in [0.15, 0.2) is 170 Å². The fraction of sp³-hybridized carbons (Fsp3) is 0.132. The molecule has 1 aliphatic carbocycles. The van der Waals surface area contributed by atoms with Crippen molar-refractivity contribution in [1.29, 1.82) is 0 Å². The highest BCUT2D eigenvalue weighted by molar-refractivity contribution is 7.25. The van der Waals surface area contributed by atoms with Gasteiger partial charge >= 0.3 is 0 Å². The second kappa shape index (κ2) is 12.5. The molecule has 0 unspecified atom stereocenters. The third-order valence-electron chi connectivity index (χ3n) is 11.8. The highest BCUT2D eigenvalue weighted by Gasteiger charge is 2.36. The Hall–Kier alpha value is -5.96. The number of fused-ring (bicyclic) bond motifs is 7. The van der Waals surface area contributed by atoms with Gasteiger partial charge in [-0.25, -0.2) is 0 Å². The van der Waals surface area contributed by atoms with Gasteiger partial charge in [-0.05, 0) is 104 Å². The molecule has 10 rings (SSSR count). The van der Waals surface area contributed by atoms with E-state index in [4.69, 9.17) is 0 Å². The first kappa shape index (κ1) is 33.6. The Balaban J connectivity index is 1.31. The molecule has 0 aliphatic heterocycles. The Morgan fingerprint density at radius 2 is 1.16 bits per heavy atom. The van der Waals surface area contributed by atoms with Crippen LogP contribution in [0.3, 0.4) is 0 Å². The molecule has 9 aromatic rings. The summed E-state index contributed by atoms with van der Waals surface area (Å²) < 4.78 is 2.63. The number of hydrogen-bond acceptors (Lipinski definition) is 2. The Bertz CT molecular complexity index is 2940. The van der Waals surface area contributed by atoms with Crippen LogP contribution in [-0.4, -0.2) is 0 Å². The standard InChI is InChI=1S/C53H43NS/c1-52(2,3)37-25-29-47(42(32-37)34-15-7-6-8-16-34)54(38-26-27-46-43(33-38)40-19-11-13-21-45(40)53(46,4)5)48-28-23-35-17-9-10-18-39(35)51(48)36-24-30-50-44(31-36)41-20-12-14-22-49(41)55-50/h6-33H,1-5H3. The van der Waals surface area contributed by atoms with E-state index in [0.717, 1.165) is 17.1 Å². The van der Waals surface area contributed by atoms with Gasteiger partial charge in [0.05, 0.1) is 11.4 Å². The van der Waals surface area contributed by atoms with Gasteiger partial charge in [-0.3, -0.25) is 0 Å². The van der Waals surface area contributed by atoms with E-state index in [1.54, 1.807) is 0 Å². The average molecular weight is 726 g/mol. The van der Waals surface area contributed by atoms with Gasteiger partial charge in [-0.15, -0.1) is 11.3 Å². The van der Waals surface area contributed by atoms with Crippen molar-refractivity contribution < 1.29 is 0 Å². The molecule has 0 atom stereocenters. The van der Waals surface area contributed by atoms with Crippen molar-refractivity contribution in [3.63, 3.8) is 0 Å². The summed E-state index contributed by atoms with van der Waals surface area (Å²) in [6.07, 6.45) is 0. The molecule has 0 fully saturated rings. The van der Waals surface area contributed by atoms with Crippen molar-refractivity contribution in [3.8, 4) is 33.4 Å². The summed E-state index contributed by atoms with van der Waals surface area (Å²) in [4.78, 5) is 2.54. The summed E-state index contributed by atoms with van der Waals surface area (Å²) in [5.74, 6) is 0. The lowest BCUT2D eigenvalue weighted by Gasteiger charge is -2.32. The molecular formula is C53H43NS. The van der Waals surface area contributed by atoms with E-state index in [1.807, 2.05) is 11.3 Å². The summed E-state index contributed by atoms with van der Waals surface area (Å²) in [7, 11) is 0. The van der Waals surface area contributed by atoms with Crippen LogP contribution >= 0.6 is 11.3 Å². The lowest BCUT2D eigenvalue weighted by Crippen LogP contribution is -2.16. The van der Waals surface area contributed by atoms with Gasteiger partial charge in [0.1, 0.15) is 0 Å². The van der Waals surface area contributed by atoms with Gasteiger partial charge in [-0.1, -0.05) is 156 Å². The van der Waals surface area contributed by atoms with Crippen LogP contribution in [0.2, 0.25) is 0 Å². The molecule has 0 spiro atoms. The minimum Gasteiger partial charge on any atom is -0.309 e. The van der Waals surface area contributed by atoms with Crippen LogP contribution in [0.4, 0.5) is 17.1 Å². The second-order valence-electron chi connectivity index (χ2n) is 16.6. The molecule has 55 heavy (non-hydrogen) atoms. The quantitative estimate of drug-likeness (QED) is 0.171. The molecule has 8 aromatic carbocycles. The van der Waals surface area contributed by atoms with Gasteiger partial charge in [0.2, 0.25) is 0 Å². The monoisotopic (exact) mass is 725 g/mol. The summed E-state index contributed by atoms with van der Waals surface area (Å²) in [5.41, 5.74) is 14.9. The molecule has 1 aromatic heterocycles. The van der Waals surface area contributed by atoms with Crippen molar-refractivity contribution in [3.05, 3.63) is 187 Å². The predicted octanol–water partition coefficient (Wildman–Crippen LogP) is 15.6. The van der Waals surface area contributed by atoms with Gasteiger partial charge in [0.15, 0.2) is 0 Å². The van der Waals surface area contributed by atoms with Crippen LogP contribution in [0, 0.1) is 0 Å². The minimum atomic E-state index is -0.0777. The maximum atomic E-state index is 2.54. The predicted molar refractivity (Wildman–Crippen MR) is 239 cm³/mol. The first-order valence-electron chi connectivity index (χ1n) is 19.3. The van der Waals surface area contributed by atoms with E-state index in [1.165, 1.54) is 81.0 Å². The first-order valence-corrected chi connectivity index (χ1v) is 20.2. The third-order valence-corrected chi connectivity index (χ3v) is 13.0. The minimum absolute atomic E-state index is 0.0113. The van der Waals surface area contributed by atoms with Crippen molar-refractivity contribution in [2.24, 2.45) is 0 Å². The maximum absolute atomic E-state index is 2.54. The van der Waals surface area contributed by atoms with Gasteiger partial charge in [-0.2, -0.15) is 0 Å². The zero-order valence-corrected chi connectivity index (χ0v) is 32.8. The molecular weight excluding hydrogens is 683 g/mol. The highest BCUT2D eigenvalue weighted by atomic mass is 32.1. The van der Waals surface area contributed by atoms with E-state index in [9.17, 15) is 0 Å². The van der Waals surface area contributed by atoms with E-state index < -0.39 is 0 Å². The zero-order chi connectivity index (χ0) is 37.5. The molecule has 1 nitrogen and oxygen atoms in total. The van der Waals surface area contributed by atoms with E-state index >= 15 is 0 Å². The fourth-order valence-corrected chi connectivity index (χ4v) is 10.0. The van der Waals surface area contributed by atoms with E-state index in [2.05, 4.69) is 209 Å². The third kappa shape index (κ3) is 5.42. The summed E-state index contributed by atoms with van der Waals surface area (Å²) in [5, 5.41) is 5.09. The SMILES string of the molecule is CC(C)(C)c1ccc(N(c2ccc3c(c2)-c2ccccc2C3(C)C)c2ccc3ccccc3c2-c2ccc3sc4ccccc4c3c2)c(-c2ccccc2)c1. The Morgan fingerprint density at radius 3 is 2.00 bits per heavy atom. The van der Waals surface area contributed by atoms with E-state index in [0.29, 0.717) is 0 Å². The number of nitrogens with zero attached hydrogens (tertiary/aromatic N) is 1. The van der Waals surface area contributed by atoms with Crippen LogP contribution in [-0.2, 0) is 10.8 Å².